The van der Waals surface area contributed by atoms with E-state index in [-0.39, 0.29) is 11.5 Å². The highest BCUT2D eigenvalue weighted by atomic mass is 32.3. The zero-order valence-electron chi connectivity index (χ0n) is 14.6. The molecule has 1 saturated carbocycles. The number of nitrogens with zero attached hydrogens (tertiary/aromatic N) is 2. The van der Waals surface area contributed by atoms with Gasteiger partial charge in [0.25, 0.3) is 19.7 Å². The summed E-state index contributed by atoms with van der Waals surface area (Å²) in [5.74, 6) is -0.387. The lowest BCUT2D eigenvalue weighted by atomic mass is 10.0. The highest BCUT2D eigenvalue weighted by Crippen LogP contribution is 2.28. The van der Waals surface area contributed by atoms with Crippen LogP contribution in [0.4, 0.5) is 0 Å². The van der Waals surface area contributed by atoms with Gasteiger partial charge < -0.3 is 9.71 Å². The van der Waals surface area contributed by atoms with Crippen LogP contribution in [0.3, 0.4) is 0 Å². The van der Waals surface area contributed by atoms with Gasteiger partial charge in [-0.3, -0.25) is 0 Å². The predicted molar refractivity (Wildman–Crippen MR) is 98.1 cm³/mol. The summed E-state index contributed by atoms with van der Waals surface area (Å²) in [7, 11) is -12.7. The van der Waals surface area contributed by atoms with E-state index in [1.54, 1.807) is 0 Å². The Kier molecular flexibility index (Phi) is 6.46. The maximum Gasteiger partial charge on any atom is 0.499 e. The van der Waals surface area contributed by atoms with Crippen LogP contribution in [0.5, 0.6) is 5.75 Å². The first-order valence-corrected chi connectivity index (χ1v) is 12.9. The average Bonchev–Trinajstić information content (AvgIpc) is 2.62. The molecule has 1 fully saturated rings. The van der Waals surface area contributed by atoms with Crippen molar-refractivity contribution in [2.24, 2.45) is 0 Å². The molecule has 0 N–H and O–H groups in total. The molecule has 150 valence electrons. The van der Waals surface area contributed by atoms with Crippen LogP contribution in [-0.2, 0) is 29.8 Å². The van der Waals surface area contributed by atoms with Crippen molar-refractivity contribution in [3.63, 3.8) is 0 Å². The van der Waals surface area contributed by atoms with Crippen LogP contribution < -0.4 is 4.18 Å². The standard InChI is InChI=1S/C15H20N2O7S3/c1-2-25(18,19)24-12-8-10-14(11-9-12)27(22,23)15(17-16)26(20,21)13-6-4-3-5-7-13/h8-11,13H,2-7H2,1H3. The lowest BCUT2D eigenvalue weighted by Gasteiger charge is -2.19. The Bertz CT molecular complexity index is 1050. The van der Waals surface area contributed by atoms with Gasteiger partial charge in [0.2, 0.25) is 0 Å². The predicted octanol–water partition coefficient (Wildman–Crippen LogP) is 1.52. The zero-order valence-corrected chi connectivity index (χ0v) is 17.1. The van der Waals surface area contributed by atoms with Gasteiger partial charge in [0.1, 0.15) is 5.75 Å². The molecule has 1 aliphatic rings. The molecule has 27 heavy (non-hydrogen) atoms. The van der Waals surface area contributed by atoms with Gasteiger partial charge in [-0.15, -0.1) is 4.79 Å². The first kappa shape index (κ1) is 21.5. The summed E-state index contributed by atoms with van der Waals surface area (Å²) in [6.45, 7) is 1.38. The third-order valence-corrected chi connectivity index (χ3v) is 10.1. The zero-order chi connectivity index (χ0) is 20.3. The molecule has 0 aliphatic heterocycles. The molecule has 9 nitrogen and oxygen atoms in total. The third kappa shape index (κ3) is 4.75. The highest BCUT2D eigenvalue weighted by Gasteiger charge is 2.47. The van der Waals surface area contributed by atoms with Gasteiger partial charge in [-0.1, -0.05) is 19.3 Å². The largest absolute Gasteiger partial charge is 0.499 e. The van der Waals surface area contributed by atoms with Crippen LogP contribution in [0.2, 0.25) is 0 Å². The minimum atomic E-state index is -4.62. The van der Waals surface area contributed by atoms with E-state index >= 15 is 0 Å². The van der Waals surface area contributed by atoms with Gasteiger partial charge in [0.05, 0.1) is 15.9 Å². The average molecular weight is 437 g/mol. The van der Waals surface area contributed by atoms with E-state index in [0.717, 1.165) is 30.7 Å². The molecule has 0 aromatic heterocycles. The molecule has 0 radical (unpaired) electrons. The molecule has 0 heterocycles. The van der Waals surface area contributed by atoms with E-state index in [4.69, 9.17) is 9.71 Å². The normalized spacial score (nSPS) is 16.5. The summed E-state index contributed by atoms with van der Waals surface area (Å²) in [6.07, 6.45) is 2.78. The van der Waals surface area contributed by atoms with E-state index in [1.807, 2.05) is 0 Å². The number of hydrogen-bond acceptors (Lipinski definition) is 7. The fraction of sp³-hybridized carbons (Fsp3) is 0.533. The van der Waals surface area contributed by atoms with Crippen molar-refractivity contribution in [3.05, 3.63) is 29.8 Å². The summed E-state index contributed by atoms with van der Waals surface area (Å²) in [6, 6.07) is 4.17. The molecule has 12 heteroatoms. The van der Waals surface area contributed by atoms with Crippen molar-refractivity contribution >= 4 is 34.2 Å². The van der Waals surface area contributed by atoms with Crippen molar-refractivity contribution in [1.29, 1.82) is 0 Å². The molecule has 2 rings (SSSR count). The van der Waals surface area contributed by atoms with Crippen LogP contribution in [0.25, 0.3) is 5.53 Å². The molecule has 1 aromatic rings. The molecule has 0 amide bonds. The Morgan fingerprint density at radius 1 is 1.04 bits per heavy atom. The van der Waals surface area contributed by atoms with Crippen LogP contribution in [0, 0.1) is 0 Å². The summed E-state index contributed by atoms with van der Waals surface area (Å²) < 4.78 is 77.0. The van der Waals surface area contributed by atoms with Crippen LogP contribution in [-0.4, -0.2) is 45.4 Å². The quantitative estimate of drug-likeness (QED) is 0.223. The molecule has 1 aromatic carbocycles. The number of hydrogen-bond donors (Lipinski definition) is 0. The van der Waals surface area contributed by atoms with Gasteiger partial charge in [-0.25, -0.2) is 16.8 Å². The van der Waals surface area contributed by atoms with Crippen LogP contribution >= 0.6 is 0 Å². The highest BCUT2D eigenvalue weighted by molar-refractivity contribution is 8.31. The van der Waals surface area contributed by atoms with Crippen molar-refractivity contribution in [3.8, 4) is 5.75 Å². The van der Waals surface area contributed by atoms with Crippen molar-refractivity contribution in [2.45, 2.75) is 49.2 Å². The maximum absolute atomic E-state index is 12.7. The monoisotopic (exact) mass is 436 g/mol. The molecule has 0 unspecified atom stereocenters. The molecule has 0 spiro atoms. The molecule has 1 aliphatic carbocycles. The van der Waals surface area contributed by atoms with Gasteiger partial charge in [0, 0.05) is 0 Å². The van der Waals surface area contributed by atoms with Crippen LogP contribution in [0.1, 0.15) is 39.0 Å². The van der Waals surface area contributed by atoms with Gasteiger partial charge in [-0.2, -0.15) is 8.42 Å². The van der Waals surface area contributed by atoms with E-state index in [0.29, 0.717) is 25.7 Å². The Morgan fingerprint density at radius 3 is 2.07 bits per heavy atom. The molecule has 0 bridgehead atoms. The van der Waals surface area contributed by atoms with E-state index in [2.05, 4.69) is 4.79 Å². The molecule has 0 saturated heterocycles. The Balaban J connectivity index is 2.37. The van der Waals surface area contributed by atoms with E-state index < -0.39 is 44.3 Å². The minimum absolute atomic E-state index is 0.117. The van der Waals surface area contributed by atoms with Gasteiger partial charge >= 0.3 is 14.5 Å². The van der Waals surface area contributed by atoms with Crippen molar-refractivity contribution < 1.29 is 34.2 Å². The van der Waals surface area contributed by atoms with Crippen molar-refractivity contribution in [2.75, 3.05) is 5.75 Å². The molecular weight excluding hydrogens is 416 g/mol. The first-order chi connectivity index (χ1) is 12.5. The van der Waals surface area contributed by atoms with Gasteiger partial charge in [-0.05, 0) is 44.0 Å². The lowest BCUT2D eigenvalue weighted by Crippen LogP contribution is -2.35. The summed E-state index contributed by atoms with van der Waals surface area (Å²) >= 11 is 0. The van der Waals surface area contributed by atoms with Crippen molar-refractivity contribution in [1.82, 2.24) is 0 Å². The van der Waals surface area contributed by atoms with E-state index in [1.165, 1.54) is 6.92 Å². The Hall–Kier alpha value is -1.75. The van der Waals surface area contributed by atoms with Gasteiger partial charge in [0.15, 0.2) is 0 Å². The fourth-order valence-corrected chi connectivity index (χ4v) is 7.36. The SMILES string of the molecule is CCS(=O)(=O)Oc1ccc(S(=O)(=O)C(=[N+]=[N-])S(=O)(=O)C2CCCCC2)cc1. The summed E-state index contributed by atoms with van der Waals surface area (Å²) in [4.78, 5) is 2.14. The number of rotatable bonds is 5. The topological polar surface area (TPSA) is 148 Å². The number of sulfone groups is 2. The van der Waals surface area contributed by atoms with E-state index in [9.17, 15) is 25.3 Å². The Labute approximate surface area is 158 Å². The second-order valence-electron chi connectivity index (χ2n) is 6.08. The fourth-order valence-electron chi connectivity index (χ4n) is 2.76. The molecule has 0 atom stereocenters. The molecular formula is C15H20N2O7S3. The second-order valence-corrected chi connectivity index (χ2v) is 12.2. The van der Waals surface area contributed by atoms with Crippen LogP contribution in [0.15, 0.2) is 29.2 Å². The minimum Gasteiger partial charge on any atom is -0.382 e. The Morgan fingerprint density at radius 2 is 1.59 bits per heavy atom. The summed E-state index contributed by atoms with van der Waals surface area (Å²) in [5, 5.41) is -0.913. The maximum atomic E-state index is 12.7. The second kappa shape index (κ2) is 8.09. The first-order valence-electron chi connectivity index (χ1n) is 8.28. The third-order valence-electron chi connectivity index (χ3n) is 4.26. The number of benzene rings is 1. The smallest absolute Gasteiger partial charge is 0.382 e. The lowest BCUT2D eigenvalue weighted by molar-refractivity contribution is 0.00370. The summed E-state index contributed by atoms with van der Waals surface area (Å²) in [5.41, 5.74) is 9.15.